The average molecular weight is 302 g/mol. The van der Waals surface area contributed by atoms with Crippen LogP contribution in [-0.4, -0.2) is 9.55 Å². The molecule has 0 aliphatic rings. The van der Waals surface area contributed by atoms with E-state index in [2.05, 4.69) is 40.0 Å². The maximum atomic E-state index is 13.1. The summed E-state index contributed by atoms with van der Waals surface area (Å²) < 4.78 is 15.3. The number of benzene rings is 2. The van der Waals surface area contributed by atoms with Gasteiger partial charge in [0.15, 0.2) is 0 Å². The first-order valence-electron chi connectivity index (χ1n) is 7.55. The Kier molecular flexibility index (Phi) is 3.39. The molecular weight excluding hydrogens is 287 g/mol. The topological polar surface area (TPSA) is 17.8 Å². The third-order valence-corrected chi connectivity index (χ3v) is 4.02. The minimum absolute atomic E-state index is 0.457. The summed E-state index contributed by atoms with van der Waals surface area (Å²) in [5.74, 6) is -0.457. The highest BCUT2D eigenvalue weighted by Gasteiger charge is 2.10. The summed E-state index contributed by atoms with van der Waals surface area (Å²) in [6.45, 7) is 0.802. The van der Waals surface area contributed by atoms with Crippen LogP contribution in [0.4, 0.5) is 4.39 Å². The molecule has 0 spiro atoms. The van der Waals surface area contributed by atoms with Crippen molar-refractivity contribution in [2.75, 3.05) is 0 Å². The van der Waals surface area contributed by atoms with Crippen molar-refractivity contribution >= 4 is 10.9 Å². The summed E-state index contributed by atoms with van der Waals surface area (Å²) in [7, 11) is 0. The number of halogens is 1. The van der Waals surface area contributed by atoms with E-state index < -0.39 is 5.95 Å². The molecule has 0 unspecified atom stereocenters. The summed E-state index contributed by atoms with van der Waals surface area (Å²) in [5, 5.41) is 1.15. The lowest BCUT2D eigenvalue weighted by atomic mass is 10.1. The molecule has 0 bridgehead atoms. The van der Waals surface area contributed by atoms with Crippen LogP contribution in [0.25, 0.3) is 22.0 Å². The Hall–Kier alpha value is -2.94. The Morgan fingerprint density at radius 2 is 1.65 bits per heavy atom. The molecule has 0 aliphatic carbocycles. The molecule has 0 atom stereocenters. The molecule has 2 heterocycles. The zero-order valence-electron chi connectivity index (χ0n) is 12.5. The van der Waals surface area contributed by atoms with E-state index in [0.29, 0.717) is 0 Å². The van der Waals surface area contributed by atoms with E-state index in [-0.39, 0.29) is 0 Å². The number of pyridine rings is 1. The second-order valence-electron chi connectivity index (χ2n) is 5.54. The van der Waals surface area contributed by atoms with Gasteiger partial charge in [0.25, 0.3) is 0 Å². The van der Waals surface area contributed by atoms with Gasteiger partial charge in [-0.3, -0.25) is 0 Å². The van der Waals surface area contributed by atoms with Crippen LogP contribution in [0.5, 0.6) is 0 Å². The fourth-order valence-electron chi connectivity index (χ4n) is 2.92. The first-order valence-corrected chi connectivity index (χ1v) is 7.55. The molecule has 4 rings (SSSR count). The lowest BCUT2D eigenvalue weighted by Gasteiger charge is -2.05. The van der Waals surface area contributed by atoms with Crippen molar-refractivity contribution in [2.24, 2.45) is 0 Å². The zero-order chi connectivity index (χ0) is 15.6. The lowest BCUT2D eigenvalue weighted by molar-refractivity contribution is 0.584. The van der Waals surface area contributed by atoms with E-state index in [1.165, 1.54) is 11.6 Å². The van der Waals surface area contributed by atoms with Gasteiger partial charge in [0.05, 0.1) is 0 Å². The lowest BCUT2D eigenvalue weighted by Crippen LogP contribution is -1.97. The molecule has 0 fully saturated rings. The normalized spacial score (nSPS) is 11.0. The van der Waals surface area contributed by atoms with Gasteiger partial charge in [0.1, 0.15) is 0 Å². The Labute approximate surface area is 133 Å². The third kappa shape index (κ3) is 2.61. The van der Waals surface area contributed by atoms with Gasteiger partial charge >= 0.3 is 0 Å². The average Bonchev–Trinajstić information content (AvgIpc) is 2.95. The maximum Gasteiger partial charge on any atom is 0.212 e. The molecule has 2 aromatic heterocycles. The molecule has 23 heavy (non-hydrogen) atoms. The van der Waals surface area contributed by atoms with E-state index in [9.17, 15) is 4.39 Å². The van der Waals surface area contributed by atoms with Gasteiger partial charge in [0, 0.05) is 41.0 Å². The predicted molar refractivity (Wildman–Crippen MR) is 90.7 cm³/mol. The Morgan fingerprint density at radius 1 is 0.870 bits per heavy atom. The molecule has 4 aromatic rings. The fourth-order valence-corrected chi connectivity index (χ4v) is 2.92. The van der Waals surface area contributed by atoms with Crippen LogP contribution in [0.1, 0.15) is 5.56 Å². The molecule has 0 saturated carbocycles. The van der Waals surface area contributed by atoms with Gasteiger partial charge in [-0.15, -0.1) is 0 Å². The van der Waals surface area contributed by atoms with Crippen molar-refractivity contribution in [3.8, 4) is 11.1 Å². The van der Waals surface area contributed by atoms with Crippen LogP contribution in [0.15, 0.2) is 79.1 Å². The van der Waals surface area contributed by atoms with Crippen molar-refractivity contribution in [2.45, 2.75) is 6.54 Å². The van der Waals surface area contributed by atoms with Crippen molar-refractivity contribution in [3.05, 3.63) is 90.6 Å². The summed E-state index contributed by atoms with van der Waals surface area (Å²) in [6.07, 6.45) is 3.70. The molecule has 112 valence electrons. The van der Waals surface area contributed by atoms with E-state index in [1.807, 2.05) is 30.3 Å². The summed E-state index contributed by atoms with van der Waals surface area (Å²) >= 11 is 0. The largest absolute Gasteiger partial charge is 0.342 e. The molecule has 3 heteroatoms. The maximum absolute atomic E-state index is 13.1. The Morgan fingerprint density at radius 3 is 2.43 bits per heavy atom. The molecule has 0 radical (unpaired) electrons. The van der Waals surface area contributed by atoms with Crippen molar-refractivity contribution in [1.29, 1.82) is 0 Å². The molecule has 0 saturated heterocycles. The molecule has 2 nitrogen and oxygen atoms in total. The van der Waals surface area contributed by atoms with E-state index >= 15 is 0 Å². The van der Waals surface area contributed by atoms with E-state index in [4.69, 9.17) is 0 Å². The number of nitrogens with zero attached hydrogens (tertiary/aromatic N) is 2. The summed E-state index contributed by atoms with van der Waals surface area (Å²) in [6, 6.07) is 21.8. The second kappa shape index (κ2) is 5.69. The number of rotatable bonds is 3. The molecular formula is C20H15FN2. The monoisotopic (exact) mass is 302 g/mol. The van der Waals surface area contributed by atoms with Gasteiger partial charge in [-0.05, 0) is 23.8 Å². The van der Waals surface area contributed by atoms with Crippen LogP contribution in [0.2, 0.25) is 0 Å². The molecule has 2 aromatic carbocycles. The number of fused-ring (bicyclic) bond motifs is 1. The minimum Gasteiger partial charge on any atom is -0.342 e. The molecule has 0 amide bonds. The van der Waals surface area contributed by atoms with Gasteiger partial charge in [-0.1, -0.05) is 48.5 Å². The third-order valence-electron chi connectivity index (χ3n) is 4.02. The minimum atomic E-state index is -0.457. The number of aromatic nitrogens is 2. The highest BCUT2D eigenvalue weighted by atomic mass is 19.1. The van der Waals surface area contributed by atoms with Crippen molar-refractivity contribution in [1.82, 2.24) is 9.55 Å². The summed E-state index contributed by atoms with van der Waals surface area (Å²) in [5.41, 5.74) is 4.41. The molecule has 0 aliphatic heterocycles. The number of hydrogen-bond acceptors (Lipinski definition) is 1. The van der Waals surface area contributed by atoms with Crippen LogP contribution < -0.4 is 0 Å². The first-order chi connectivity index (χ1) is 11.3. The van der Waals surface area contributed by atoms with Gasteiger partial charge < -0.3 is 4.57 Å². The van der Waals surface area contributed by atoms with Gasteiger partial charge in [-0.2, -0.15) is 4.39 Å². The molecule has 0 N–H and O–H groups in total. The number of para-hydroxylation sites is 1. The fraction of sp³-hybridized carbons (Fsp3) is 0.0500. The highest BCUT2D eigenvalue weighted by Crippen LogP contribution is 2.30. The van der Waals surface area contributed by atoms with Crippen LogP contribution in [-0.2, 0) is 6.54 Å². The first kappa shape index (κ1) is 13.7. The number of hydrogen-bond donors (Lipinski definition) is 0. The van der Waals surface area contributed by atoms with Crippen molar-refractivity contribution < 1.29 is 4.39 Å². The van der Waals surface area contributed by atoms with Crippen LogP contribution >= 0.6 is 0 Å². The smallest absolute Gasteiger partial charge is 0.212 e. The van der Waals surface area contributed by atoms with E-state index in [0.717, 1.165) is 28.6 Å². The van der Waals surface area contributed by atoms with Gasteiger partial charge in [0.2, 0.25) is 5.95 Å². The van der Waals surface area contributed by atoms with Crippen LogP contribution in [0, 0.1) is 5.95 Å². The predicted octanol–water partition coefficient (Wildman–Crippen LogP) is 4.89. The quantitative estimate of drug-likeness (QED) is 0.493. The Bertz CT molecular complexity index is 940. The zero-order valence-corrected chi connectivity index (χ0v) is 12.5. The Balaban J connectivity index is 1.84. The standard InChI is InChI=1S/C20H15FN2/c21-20-11-10-16(12-22-20)18-14-23(13-15-6-2-1-3-7-15)19-9-5-4-8-17(18)19/h1-12,14H,13H2. The summed E-state index contributed by atoms with van der Waals surface area (Å²) in [4.78, 5) is 3.78. The SMILES string of the molecule is Fc1ccc(-c2cn(Cc3ccccc3)c3ccccc23)cn1. The van der Waals surface area contributed by atoms with Gasteiger partial charge in [-0.25, -0.2) is 4.98 Å². The van der Waals surface area contributed by atoms with E-state index in [1.54, 1.807) is 12.3 Å². The second-order valence-corrected chi connectivity index (χ2v) is 5.54. The highest BCUT2D eigenvalue weighted by molar-refractivity contribution is 5.95. The van der Waals surface area contributed by atoms with Crippen molar-refractivity contribution in [3.63, 3.8) is 0 Å². The van der Waals surface area contributed by atoms with Crippen LogP contribution in [0.3, 0.4) is 0 Å².